The number of rotatable bonds is 6. The number of halogens is 1. The molecule has 0 aliphatic carbocycles. The van der Waals surface area contributed by atoms with Crippen LogP contribution in [0.5, 0.6) is 0 Å². The summed E-state index contributed by atoms with van der Waals surface area (Å²) >= 11 is 0. The monoisotopic (exact) mass is 438 g/mol. The molecule has 160 valence electrons. The predicted molar refractivity (Wildman–Crippen MR) is 116 cm³/mol. The second kappa shape index (κ2) is 8.99. The van der Waals surface area contributed by atoms with Gasteiger partial charge in [-0.1, -0.05) is 54.6 Å². The molecule has 3 aromatic carbocycles. The van der Waals surface area contributed by atoms with Gasteiger partial charge in [0.2, 0.25) is 15.9 Å². The van der Waals surface area contributed by atoms with Crippen LogP contribution in [0.4, 0.5) is 4.39 Å². The van der Waals surface area contributed by atoms with E-state index >= 15 is 0 Å². The molecule has 0 unspecified atom stereocenters. The topological polar surface area (TPSA) is 57.7 Å². The molecule has 0 aromatic heterocycles. The first-order chi connectivity index (χ1) is 14.9. The van der Waals surface area contributed by atoms with Gasteiger partial charge in [0.1, 0.15) is 5.82 Å². The zero-order chi connectivity index (χ0) is 21.8. The van der Waals surface area contributed by atoms with Crippen molar-refractivity contribution < 1.29 is 17.6 Å². The fraction of sp³-hybridized carbons (Fsp3) is 0.208. The number of carbonyl (C=O) groups is 1. The van der Waals surface area contributed by atoms with E-state index in [2.05, 4.69) is 6.07 Å². The quantitative estimate of drug-likeness (QED) is 0.591. The Morgan fingerprint density at radius 3 is 2.26 bits per heavy atom. The first kappa shape index (κ1) is 21.2. The number of fused-ring (bicyclic) bond motifs is 1. The molecule has 1 heterocycles. The van der Waals surface area contributed by atoms with Gasteiger partial charge in [0, 0.05) is 19.6 Å². The fourth-order valence-electron chi connectivity index (χ4n) is 3.72. The number of benzene rings is 3. The molecule has 0 bridgehead atoms. The van der Waals surface area contributed by atoms with Gasteiger partial charge in [-0.25, -0.2) is 12.8 Å². The summed E-state index contributed by atoms with van der Waals surface area (Å²) in [6, 6.07) is 21.6. The summed E-state index contributed by atoms with van der Waals surface area (Å²) in [4.78, 5) is 14.9. The minimum atomic E-state index is -3.91. The fourth-order valence-corrected chi connectivity index (χ4v) is 5.12. The maximum atomic E-state index is 13.3. The predicted octanol–water partition coefficient (Wildman–Crippen LogP) is 3.60. The van der Waals surface area contributed by atoms with Crippen molar-refractivity contribution in [1.82, 2.24) is 9.21 Å². The van der Waals surface area contributed by atoms with Crippen LogP contribution in [0, 0.1) is 5.82 Å². The van der Waals surface area contributed by atoms with Crippen LogP contribution in [0.3, 0.4) is 0 Å². The van der Waals surface area contributed by atoms with Gasteiger partial charge in [-0.3, -0.25) is 4.79 Å². The van der Waals surface area contributed by atoms with Gasteiger partial charge >= 0.3 is 0 Å². The standard InChI is InChI=1S/C24H23FN2O3S/c25-22-12-10-19(11-13-22)16-27(31(29,30)23-8-2-1-3-9-23)18-24(28)26-15-14-20-6-4-5-7-21(20)17-26/h1-13H,14-18H2. The van der Waals surface area contributed by atoms with E-state index in [0.717, 1.165) is 12.0 Å². The van der Waals surface area contributed by atoms with Crippen molar-refractivity contribution in [2.24, 2.45) is 0 Å². The van der Waals surface area contributed by atoms with Crippen LogP contribution >= 0.6 is 0 Å². The summed E-state index contributed by atoms with van der Waals surface area (Å²) in [5, 5.41) is 0. The first-order valence-electron chi connectivity index (χ1n) is 10.1. The normalized spacial score (nSPS) is 13.8. The van der Waals surface area contributed by atoms with Crippen LogP contribution in [0.15, 0.2) is 83.8 Å². The van der Waals surface area contributed by atoms with Crippen LogP contribution in [-0.4, -0.2) is 36.6 Å². The molecule has 4 rings (SSSR count). The van der Waals surface area contributed by atoms with Crippen molar-refractivity contribution in [3.8, 4) is 0 Å². The Balaban J connectivity index is 1.58. The first-order valence-corrected chi connectivity index (χ1v) is 11.5. The minimum Gasteiger partial charge on any atom is -0.337 e. The smallest absolute Gasteiger partial charge is 0.243 e. The maximum Gasteiger partial charge on any atom is 0.243 e. The molecular formula is C24H23FN2O3S. The molecule has 3 aromatic rings. The molecule has 0 saturated heterocycles. The van der Waals surface area contributed by atoms with Gasteiger partial charge < -0.3 is 4.90 Å². The molecular weight excluding hydrogens is 415 g/mol. The second-order valence-electron chi connectivity index (χ2n) is 7.55. The largest absolute Gasteiger partial charge is 0.337 e. The highest BCUT2D eigenvalue weighted by atomic mass is 32.2. The highest BCUT2D eigenvalue weighted by molar-refractivity contribution is 7.89. The zero-order valence-electron chi connectivity index (χ0n) is 16.9. The third-order valence-electron chi connectivity index (χ3n) is 5.45. The molecule has 0 spiro atoms. The van der Waals surface area contributed by atoms with E-state index in [-0.39, 0.29) is 23.9 Å². The summed E-state index contributed by atoms with van der Waals surface area (Å²) in [6.45, 7) is 0.709. The van der Waals surface area contributed by atoms with E-state index in [0.29, 0.717) is 18.7 Å². The Morgan fingerprint density at radius 2 is 1.55 bits per heavy atom. The SMILES string of the molecule is O=C(CN(Cc1ccc(F)cc1)S(=O)(=O)c1ccccc1)N1CCc2ccccc2C1. The summed E-state index contributed by atoms with van der Waals surface area (Å²) in [5.74, 6) is -0.652. The van der Waals surface area contributed by atoms with Crippen LogP contribution in [0.25, 0.3) is 0 Å². The Morgan fingerprint density at radius 1 is 0.903 bits per heavy atom. The van der Waals surface area contributed by atoms with E-state index in [1.165, 1.54) is 46.3 Å². The molecule has 1 aliphatic heterocycles. The molecule has 1 aliphatic rings. The van der Waals surface area contributed by atoms with Gasteiger partial charge in [0.15, 0.2) is 0 Å². The van der Waals surface area contributed by atoms with Crippen LogP contribution in [0.1, 0.15) is 16.7 Å². The summed E-state index contributed by atoms with van der Waals surface area (Å²) in [7, 11) is -3.91. The zero-order valence-corrected chi connectivity index (χ0v) is 17.8. The molecule has 7 heteroatoms. The molecule has 5 nitrogen and oxygen atoms in total. The van der Waals surface area contributed by atoms with E-state index in [9.17, 15) is 17.6 Å². The third-order valence-corrected chi connectivity index (χ3v) is 7.25. The Labute approximate surface area is 181 Å². The van der Waals surface area contributed by atoms with E-state index in [1.54, 1.807) is 23.1 Å². The highest BCUT2D eigenvalue weighted by Crippen LogP contribution is 2.22. The lowest BCUT2D eigenvalue weighted by atomic mass is 10.00. The molecule has 0 N–H and O–H groups in total. The molecule has 1 amide bonds. The lowest BCUT2D eigenvalue weighted by Gasteiger charge is -2.31. The highest BCUT2D eigenvalue weighted by Gasteiger charge is 2.29. The van der Waals surface area contributed by atoms with E-state index < -0.39 is 15.8 Å². The Kier molecular flexibility index (Phi) is 6.15. The summed E-state index contributed by atoms with van der Waals surface area (Å²) in [5.41, 5.74) is 2.91. The van der Waals surface area contributed by atoms with E-state index in [4.69, 9.17) is 0 Å². The minimum absolute atomic E-state index is 0.0202. The van der Waals surface area contributed by atoms with Crippen LogP contribution in [-0.2, 0) is 34.3 Å². The van der Waals surface area contributed by atoms with Crippen LogP contribution in [0.2, 0.25) is 0 Å². The van der Waals surface area contributed by atoms with Crippen LogP contribution < -0.4 is 0 Å². The number of amides is 1. The van der Waals surface area contributed by atoms with Gasteiger partial charge in [0.25, 0.3) is 0 Å². The van der Waals surface area contributed by atoms with Gasteiger partial charge in [-0.05, 0) is 47.4 Å². The Bertz CT molecular complexity index is 1160. The van der Waals surface area contributed by atoms with Gasteiger partial charge in [0.05, 0.1) is 11.4 Å². The van der Waals surface area contributed by atoms with Crippen molar-refractivity contribution >= 4 is 15.9 Å². The van der Waals surface area contributed by atoms with Gasteiger partial charge in [-0.2, -0.15) is 4.31 Å². The van der Waals surface area contributed by atoms with Crippen molar-refractivity contribution in [3.05, 3.63) is 101 Å². The number of carbonyl (C=O) groups excluding carboxylic acids is 1. The second-order valence-corrected chi connectivity index (χ2v) is 9.48. The number of nitrogens with zero attached hydrogens (tertiary/aromatic N) is 2. The van der Waals surface area contributed by atoms with Gasteiger partial charge in [-0.15, -0.1) is 0 Å². The summed E-state index contributed by atoms with van der Waals surface area (Å²) < 4.78 is 41.1. The lowest BCUT2D eigenvalue weighted by Crippen LogP contribution is -2.44. The maximum absolute atomic E-state index is 13.3. The summed E-state index contributed by atoms with van der Waals surface area (Å²) in [6.07, 6.45) is 0.741. The number of hydrogen-bond acceptors (Lipinski definition) is 3. The molecule has 0 fully saturated rings. The van der Waals surface area contributed by atoms with Crippen molar-refractivity contribution in [1.29, 1.82) is 0 Å². The average Bonchev–Trinajstić information content (AvgIpc) is 2.80. The molecule has 0 radical (unpaired) electrons. The van der Waals surface area contributed by atoms with Crippen molar-refractivity contribution in [2.45, 2.75) is 24.4 Å². The van der Waals surface area contributed by atoms with Crippen molar-refractivity contribution in [2.75, 3.05) is 13.1 Å². The molecule has 31 heavy (non-hydrogen) atoms. The third kappa shape index (κ3) is 4.84. The molecule has 0 saturated carbocycles. The number of sulfonamides is 1. The Hall–Kier alpha value is -3.03. The lowest BCUT2D eigenvalue weighted by molar-refractivity contribution is -0.132. The number of hydrogen-bond donors (Lipinski definition) is 0. The van der Waals surface area contributed by atoms with Crippen molar-refractivity contribution in [3.63, 3.8) is 0 Å². The van der Waals surface area contributed by atoms with E-state index in [1.807, 2.05) is 18.2 Å². The molecule has 0 atom stereocenters. The average molecular weight is 439 g/mol.